The summed E-state index contributed by atoms with van der Waals surface area (Å²) in [6.45, 7) is 4.92. The largest absolute Gasteiger partial charge is 0.313 e. The maximum atomic E-state index is 11.1. The SMILES string of the molecule is CCCCCNC1CC2=C(C=CC(C)([N+](=O)[O-])C=C2)C1. The topological polar surface area (TPSA) is 55.2 Å². The zero-order valence-electron chi connectivity index (χ0n) is 12.4. The van der Waals surface area contributed by atoms with Gasteiger partial charge < -0.3 is 5.32 Å². The van der Waals surface area contributed by atoms with Gasteiger partial charge in [0.2, 0.25) is 0 Å². The van der Waals surface area contributed by atoms with Gasteiger partial charge in [0, 0.05) is 17.9 Å². The van der Waals surface area contributed by atoms with E-state index in [2.05, 4.69) is 12.2 Å². The van der Waals surface area contributed by atoms with E-state index in [-0.39, 0.29) is 4.92 Å². The van der Waals surface area contributed by atoms with E-state index in [0.717, 1.165) is 19.4 Å². The number of hydrogen-bond acceptors (Lipinski definition) is 3. The lowest BCUT2D eigenvalue weighted by Gasteiger charge is -2.14. The smallest absolute Gasteiger partial charge is 0.256 e. The fourth-order valence-electron chi connectivity index (χ4n) is 2.76. The van der Waals surface area contributed by atoms with Gasteiger partial charge in [0.05, 0.1) is 0 Å². The Labute approximate surface area is 120 Å². The minimum absolute atomic E-state index is 0.233. The maximum absolute atomic E-state index is 11.1. The molecule has 2 aliphatic carbocycles. The average Bonchev–Trinajstić information content (AvgIpc) is 2.74. The summed E-state index contributed by atoms with van der Waals surface area (Å²) < 4.78 is 0. The fraction of sp³-hybridized carbons (Fsp3) is 0.625. The fourth-order valence-corrected chi connectivity index (χ4v) is 2.76. The molecule has 1 N–H and O–H groups in total. The van der Waals surface area contributed by atoms with Crippen LogP contribution in [0.5, 0.6) is 0 Å². The molecular formula is C16H24N2O2. The Morgan fingerprint density at radius 3 is 2.40 bits per heavy atom. The van der Waals surface area contributed by atoms with E-state index >= 15 is 0 Å². The third-order valence-corrected chi connectivity index (χ3v) is 4.20. The Bertz CT molecular complexity index is 437. The minimum atomic E-state index is -1.06. The van der Waals surface area contributed by atoms with E-state index in [4.69, 9.17) is 0 Å². The van der Waals surface area contributed by atoms with Gasteiger partial charge >= 0.3 is 0 Å². The van der Waals surface area contributed by atoms with E-state index in [1.54, 1.807) is 19.1 Å². The number of nitrogens with zero attached hydrogens (tertiary/aromatic N) is 1. The second-order valence-corrected chi connectivity index (χ2v) is 5.97. The molecule has 0 bridgehead atoms. The number of hydrogen-bond donors (Lipinski definition) is 1. The van der Waals surface area contributed by atoms with Crippen LogP contribution in [0.4, 0.5) is 0 Å². The Morgan fingerprint density at radius 1 is 1.30 bits per heavy atom. The Morgan fingerprint density at radius 2 is 1.90 bits per heavy atom. The van der Waals surface area contributed by atoms with Crippen molar-refractivity contribution in [3.8, 4) is 0 Å². The molecule has 0 spiro atoms. The van der Waals surface area contributed by atoms with Gasteiger partial charge in [-0.05, 0) is 49.1 Å². The summed E-state index contributed by atoms with van der Waals surface area (Å²) in [5.41, 5.74) is 1.44. The Kier molecular flexibility index (Phi) is 4.76. The lowest BCUT2D eigenvalue weighted by atomic mass is 10.0. The third-order valence-electron chi connectivity index (χ3n) is 4.20. The van der Waals surface area contributed by atoms with Crippen molar-refractivity contribution in [3.63, 3.8) is 0 Å². The van der Waals surface area contributed by atoms with Gasteiger partial charge in [0.25, 0.3) is 5.54 Å². The highest BCUT2D eigenvalue weighted by Crippen LogP contribution is 2.32. The third kappa shape index (κ3) is 3.37. The van der Waals surface area contributed by atoms with Crippen LogP contribution in [0.2, 0.25) is 0 Å². The van der Waals surface area contributed by atoms with Crippen LogP contribution in [0.15, 0.2) is 35.5 Å². The molecule has 0 fully saturated rings. The van der Waals surface area contributed by atoms with E-state index in [9.17, 15) is 10.1 Å². The predicted octanol–water partition coefficient (Wildman–Crippen LogP) is 3.39. The Hall–Kier alpha value is -1.42. The molecule has 0 aromatic carbocycles. The molecule has 0 saturated carbocycles. The highest BCUT2D eigenvalue weighted by molar-refractivity contribution is 5.43. The zero-order chi connectivity index (χ0) is 14.6. The molecule has 2 aliphatic rings. The molecule has 0 aliphatic heterocycles. The zero-order valence-corrected chi connectivity index (χ0v) is 12.4. The number of unbranched alkanes of at least 4 members (excludes halogenated alkanes) is 2. The van der Waals surface area contributed by atoms with Gasteiger partial charge in [-0.3, -0.25) is 10.1 Å². The highest BCUT2D eigenvalue weighted by Gasteiger charge is 2.33. The van der Waals surface area contributed by atoms with Gasteiger partial charge in [-0.2, -0.15) is 0 Å². The quantitative estimate of drug-likeness (QED) is 0.459. The van der Waals surface area contributed by atoms with Crippen molar-refractivity contribution in [3.05, 3.63) is 45.6 Å². The summed E-state index contributed by atoms with van der Waals surface area (Å²) in [5.74, 6) is 0. The van der Waals surface area contributed by atoms with Crippen LogP contribution in [0.1, 0.15) is 46.0 Å². The number of nitrogens with one attached hydrogen (secondary N) is 1. The van der Waals surface area contributed by atoms with Crippen molar-refractivity contribution in [1.29, 1.82) is 0 Å². The van der Waals surface area contributed by atoms with E-state index in [0.29, 0.717) is 6.04 Å². The van der Waals surface area contributed by atoms with Crippen molar-refractivity contribution in [1.82, 2.24) is 5.32 Å². The van der Waals surface area contributed by atoms with Crippen LogP contribution < -0.4 is 5.32 Å². The summed E-state index contributed by atoms with van der Waals surface area (Å²) in [6, 6.07) is 0.492. The molecule has 0 radical (unpaired) electrons. The first-order valence-corrected chi connectivity index (χ1v) is 7.53. The van der Waals surface area contributed by atoms with Crippen molar-refractivity contribution >= 4 is 0 Å². The highest BCUT2D eigenvalue weighted by atomic mass is 16.6. The molecule has 0 saturated heterocycles. The van der Waals surface area contributed by atoms with Crippen LogP contribution in [-0.2, 0) is 0 Å². The first-order chi connectivity index (χ1) is 9.55. The van der Waals surface area contributed by atoms with E-state index < -0.39 is 5.54 Å². The molecule has 20 heavy (non-hydrogen) atoms. The standard InChI is InChI=1S/C16H24N2O2/c1-3-4-5-10-17-15-11-13-6-8-16(2,18(19)20)9-7-14(13)12-15/h6-9,15,17H,3-5,10-12H2,1-2H3. The minimum Gasteiger partial charge on any atom is -0.313 e. The normalized spacial score (nSPS) is 21.1. The van der Waals surface area contributed by atoms with Gasteiger partial charge in [0.1, 0.15) is 0 Å². The molecular weight excluding hydrogens is 252 g/mol. The van der Waals surface area contributed by atoms with Crippen LogP contribution in [-0.4, -0.2) is 23.0 Å². The number of nitro groups is 1. The number of allylic oxidation sites excluding steroid dienone is 2. The lowest BCUT2D eigenvalue weighted by Crippen LogP contribution is -2.30. The first kappa shape index (κ1) is 15.0. The summed E-state index contributed by atoms with van der Waals surface area (Å²) >= 11 is 0. The number of rotatable bonds is 6. The second-order valence-electron chi connectivity index (χ2n) is 5.97. The first-order valence-electron chi connectivity index (χ1n) is 7.53. The summed E-state index contributed by atoms with van der Waals surface area (Å²) in [4.78, 5) is 10.9. The molecule has 0 aromatic rings. The Balaban J connectivity index is 1.91. The molecule has 0 aromatic heterocycles. The lowest BCUT2D eigenvalue weighted by molar-refractivity contribution is -0.535. The molecule has 4 heteroatoms. The molecule has 4 nitrogen and oxygen atoms in total. The van der Waals surface area contributed by atoms with Crippen molar-refractivity contribution in [2.24, 2.45) is 0 Å². The van der Waals surface area contributed by atoms with Crippen molar-refractivity contribution in [2.45, 2.75) is 57.5 Å². The summed E-state index contributed by atoms with van der Waals surface area (Å²) in [6.07, 6.45) is 13.0. The van der Waals surface area contributed by atoms with Gasteiger partial charge in [-0.1, -0.05) is 31.9 Å². The summed E-state index contributed by atoms with van der Waals surface area (Å²) in [7, 11) is 0. The van der Waals surface area contributed by atoms with Gasteiger partial charge in [0.15, 0.2) is 0 Å². The second kappa shape index (κ2) is 6.35. The molecule has 0 atom stereocenters. The van der Waals surface area contributed by atoms with Gasteiger partial charge in [-0.15, -0.1) is 0 Å². The molecule has 0 heterocycles. The van der Waals surface area contributed by atoms with Crippen LogP contribution in [0.25, 0.3) is 0 Å². The average molecular weight is 276 g/mol. The van der Waals surface area contributed by atoms with Crippen LogP contribution >= 0.6 is 0 Å². The van der Waals surface area contributed by atoms with E-state index in [1.165, 1.54) is 30.4 Å². The monoisotopic (exact) mass is 276 g/mol. The predicted molar refractivity (Wildman–Crippen MR) is 81.3 cm³/mol. The van der Waals surface area contributed by atoms with Crippen molar-refractivity contribution < 1.29 is 4.92 Å². The van der Waals surface area contributed by atoms with Crippen molar-refractivity contribution in [2.75, 3.05) is 6.54 Å². The van der Waals surface area contributed by atoms with Crippen LogP contribution in [0, 0.1) is 10.1 Å². The van der Waals surface area contributed by atoms with E-state index in [1.807, 2.05) is 12.2 Å². The van der Waals surface area contributed by atoms with Crippen LogP contribution in [0.3, 0.4) is 0 Å². The molecule has 0 unspecified atom stereocenters. The molecule has 110 valence electrons. The molecule has 0 amide bonds. The molecule has 2 rings (SSSR count). The maximum Gasteiger partial charge on any atom is 0.256 e. The summed E-state index contributed by atoms with van der Waals surface area (Å²) in [5, 5.41) is 14.7. The van der Waals surface area contributed by atoms with Gasteiger partial charge in [-0.25, -0.2) is 0 Å².